The minimum absolute atomic E-state index is 0.113. The second-order valence-electron chi connectivity index (χ2n) is 4.85. The number of halogens is 3. The molecular formula is C14H13F3N6O3S. The Hall–Kier alpha value is -3.35. The van der Waals surface area contributed by atoms with Crippen molar-refractivity contribution >= 4 is 40.1 Å². The predicted molar refractivity (Wildman–Crippen MR) is 90.9 cm³/mol. The second-order valence-corrected chi connectivity index (χ2v) is 5.75. The van der Waals surface area contributed by atoms with Crippen LogP contribution < -0.4 is 26.8 Å². The van der Waals surface area contributed by atoms with Gasteiger partial charge in [0.25, 0.3) is 5.91 Å². The molecule has 1 aromatic carbocycles. The van der Waals surface area contributed by atoms with E-state index < -0.39 is 36.3 Å². The zero-order chi connectivity index (χ0) is 19.9. The maximum atomic E-state index is 12.6. The fraction of sp³-hybridized carbons (Fsp3) is 0.143. The zero-order valence-electron chi connectivity index (χ0n) is 13.4. The molecule has 0 saturated heterocycles. The van der Waals surface area contributed by atoms with Crippen LogP contribution in [0.4, 0.5) is 33.6 Å². The van der Waals surface area contributed by atoms with Crippen molar-refractivity contribution in [2.45, 2.75) is 6.18 Å². The predicted octanol–water partition coefficient (Wildman–Crippen LogP) is 2.14. The number of carbonyl (C=O) groups excluding carboxylic acids is 3. The van der Waals surface area contributed by atoms with E-state index in [1.54, 1.807) is 5.38 Å². The lowest BCUT2D eigenvalue weighted by molar-refractivity contribution is -0.137. The lowest BCUT2D eigenvalue weighted by atomic mass is 10.2. The summed E-state index contributed by atoms with van der Waals surface area (Å²) in [5.74, 6) is -0.761. The van der Waals surface area contributed by atoms with Gasteiger partial charge in [-0.25, -0.2) is 20.0 Å². The number of carbonyl (C=O) groups is 3. The van der Waals surface area contributed by atoms with Gasteiger partial charge in [-0.3, -0.25) is 15.5 Å². The van der Waals surface area contributed by atoms with E-state index in [0.29, 0.717) is 5.13 Å². The number of aromatic nitrogens is 1. The smallest absolute Gasteiger partial charge is 0.329 e. The molecule has 0 fully saturated rings. The summed E-state index contributed by atoms with van der Waals surface area (Å²) in [6.07, 6.45) is -3.06. The van der Waals surface area contributed by atoms with Gasteiger partial charge in [-0.2, -0.15) is 13.2 Å². The van der Waals surface area contributed by atoms with Crippen LogP contribution in [0.25, 0.3) is 0 Å². The third kappa shape index (κ3) is 6.81. The van der Waals surface area contributed by atoms with E-state index in [4.69, 9.17) is 0 Å². The van der Waals surface area contributed by atoms with E-state index in [1.165, 1.54) is 23.6 Å². The number of urea groups is 2. The Balaban J connectivity index is 1.72. The Morgan fingerprint density at radius 3 is 2.52 bits per heavy atom. The molecule has 0 aliphatic rings. The standard InChI is InChI=1S/C14H13F3N6O3S/c15-14(16,17)8-2-1-3-9(6-8)20-12(26)23-22-10(24)7-19-11(25)21-13-18-4-5-27-13/h1-6H,7H2,(H,22,24)(H2,20,23,26)(H2,18,19,21,25). The van der Waals surface area contributed by atoms with Gasteiger partial charge >= 0.3 is 18.2 Å². The van der Waals surface area contributed by atoms with Gasteiger partial charge in [0.2, 0.25) is 0 Å². The molecule has 5 amide bonds. The van der Waals surface area contributed by atoms with Crippen molar-refractivity contribution in [3.8, 4) is 0 Å². The number of hydrogen-bond donors (Lipinski definition) is 5. The first-order valence-electron chi connectivity index (χ1n) is 7.21. The Morgan fingerprint density at radius 2 is 1.85 bits per heavy atom. The third-order valence-electron chi connectivity index (χ3n) is 2.83. The first-order chi connectivity index (χ1) is 12.7. The highest BCUT2D eigenvalue weighted by atomic mass is 32.1. The molecule has 0 aliphatic heterocycles. The molecule has 0 radical (unpaired) electrons. The molecule has 1 heterocycles. The highest BCUT2D eigenvalue weighted by Crippen LogP contribution is 2.30. The fourth-order valence-electron chi connectivity index (χ4n) is 1.69. The monoisotopic (exact) mass is 402 g/mol. The summed E-state index contributed by atoms with van der Waals surface area (Å²) >= 11 is 1.18. The first-order valence-corrected chi connectivity index (χ1v) is 8.09. The van der Waals surface area contributed by atoms with Crippen molar-refractivity contribution < 1.29 is 27.6 Å². The van der Waals surface area contributed by atoms with Gasteiger partial charge in [-0.15, -0.1) is 11.3 Å². The van der Waals surface area contributed by atoms with Crippen molar-refractivity contribution in [2.24, 2.45) is 0 Å². The molecule has 13 heteroatoms. The van der Waals surface area contributed by atoms with E-state index in [2.05, 4.69) is 20.9 Å². The van der Waals surface area contributed by atoms with Crippen LogP contribution in [0.15, 0.2) is 35.8 Å². The summed E-state index contributed by atoms with van der Waals surface area (Å²) < 4.78 is 37.8. The van der Waals surface area contributed by atoms with Gasteiger partial charge < -0.3 is 10.6 Å². The van der Waals surface area contributed by atoms with Gasteiger partial charge in [0.1, 0.15) is 6.54 Å². The molecular weight excluding hydrogens is 389 g/mol. The van der Waals surface area contributed by atoms with Crippen molar-refractivity contribution in [3.05, 3.63) is 41.4 Å². The van der Waals surface area contributed by atoms with Gasteiger partial charge in [-0.1, -0.05) is 6.07 Å². The van der Waals surface area contributed by atoms with Crippen LogP contribution in [0.5, 0.6) is 0 Å². The maximum absolute atomic E-state index is 12.6. The summed E-state index contributed by atoms with van der Waals surface area (Å²) in [6, 6.07) is 2.34. The Kier molecular flexibility index (Phi) is 6.54. The summed E-state index contributed by atoms with van der Waals surface area (Å²) in [7, 11) is 0. The molecule has 0 aliphatic carbocycles. The minimum Gasteiger partial charge on any atom is -0.329 e. The van der Waals surface area contributed by atoms with Gasteiger partial charge in [0.05, 0.1) is 5.56 Å². The second kappa shape index (κ2) is 8.84. The highest BCUT2D eigenvalue weighted by molar-refractivity contribution is 7.13. The van der Waals surface area contributed by atoms with Crippen molar-refractivity contribution in [1.82, 2.24) is 21.2 Å². The molecule has 0 unspecified atom stereocenters. The maximum Gasteiger partial charge on any atom is 0.416 e. The molecule has 144 valence electrons. The number of nitrogens with one attached hydrogen (secondary N) is 5. The quantitative estimate of drug-likeness (QED) is 0.503. The molecule has 5 N–H and O–H groups in total. The number of hydrogen-bond acceptors (Lipinski definition) is 5. The van der Waals surface area contributed by atoms with Gasteiger partial charge in [0.15, 0.2) is 5.13 Å². The number of alkyl halides is 3. The van der Waals surface area contributed by atoms with Crippen LogP contribution in [0, 0.1) is 0 Å². The van der Waals surface area contributed by atoms with Crippen LogP contribution in [-0.2, 0) is 11.0 Å². The Bertz CT molecular complexity index is 813. The molecule has 2 rings (SSSR count). The van der Waals surface area contributed by atoms with E-state index in [0.717, 1.165) is 18.2 Å². The van der Waals surface area contributed by atoms with E-state index in [9.17, 15) is 27.6 Å². The molecule has 0 spiro atoms. The lowest BCUT2D eigenvalue weighted by Crippen LogP contribution is -2.48. The van der Waals surface area contributed by atoms with Crippen molar-refractivity contribution in [3.63, 3.8) is 0 Å². The normalized spacial score (nSPS) is 10.6. The van der Waals surface area contributed by atoms with Crippen molar-refractivity contribution in [2.75, 3.05) is 17.2 Å². The molecule has 9 nitrogen and oxygen atoms in total. The molecule has 0 saturated carbocycles. The van der Waals surface area contributed by atoms with E-state index in [1.807, 2.05) is 10.9 Å². The van der Waals surface area contributed by atoms with Crippen LogP contribution >= 0.6 is 11.3 Å². The average Bonchev–Trinajstić information content (AvgIpc) is 3.10. The van der Waals surface area contributed by atoms with Crippen LogP contribution in [0.3, 0.4) is 0 Å². The topological polar surface area (TPSA) is 124 Å². The Morgan fingerprint density at radius 1 is 1.07 bits per heavy atom. The minimum atomic E-state index is -4.55. The molecule has 27 heavy (non-hydrogen) atoms. The van der Waals surface area contributed by atoms with E-state index in [-0.39, 0.29) is 5.69 Å². The highest BCUT2D eigenvalue weighted by Gasteiger charge is 2.30. The van der Waals surface area contributed by atoms with Gasteiger partial charge in [-0.05, 0) is 18.2 Å². The zero-order valence-corrected chi connectivity index (χ0v) is 14.2. The largest absolute Gasteiger partial charge is 0.416 e. The first kappa shape index (κ1) is 20.0. The Labute approximate surface area is 154 Å². The summed E-state index contributed by atoms with van der Waals surface area (Å²) in [6.45, 7) is -0.457. The van der Waals surface area contributed by atoms with Crippen molar-refractivity contribution in [1.29, 1.82) is 0 Å². The number of anilines is 2. The number of thiazole rings is 1. The molecule has 0 bridgehead atoms. The number of nitrogens with zero attached hydrogens (tertiary/aromatic N) is 1. The number of benzene rings is 1. The van der Waals surface area contributed by atoms with Gasteiger partial charge in [0, 0.05) is 17.3 Å². The molecule has 0 atom stereocenters. The summed E-state index contributed by atoms with van der Waals surface area (Å²) in [5.41, 5.74) is 2.88. The summed E-state index contributed by atoms with van der Waals surface area (Å²) in [5, 5.41) is 8.72. The SMILES string of the molecule is O=C(CNC(=O)Nc1nccs1)NNC(=O)Nc1cccc(C(F)(F)F)c1. The summed E-state index contributed by atoms with van der Waals surface area (Å²) in [4.78, 5) is 38.4. The van der Waals surface area contributed by atoms with Crippen LogP contribution in [0.2, 0.25) is 0 Å². The lowest BCUT2D eigenvalue weighted by Gasteiger charge is -2.11. The number of hydrazine groups is 1. The molecule has 2 aromatic rings. The van der Waals surface area contributed by atoms with Crippen LogP contribution in [0.1, 0.15) is 5.56 Å². The third-order valence-corrected chi connectivity index (χ3v) is 3.51. The number of amides is 5. The number of rotatable bonds is 4. The average molecular weight is 402 g/mol. The van der Waals surface area contributed by atoms with E-state index >= 15 is 0 Å². The van der Waals surface area contributed by atoms with Crippen LogP contribution in [-0.4, -0.2) is 29.5 Å². The fourth-order valence-corrected chi connectivity index (χ4v) is 2.22. The molecule has 1 aromatic heterocycles.